The summed E-state index contributed by atoms with van der Waals surface area (Å²) in [6, 6.07) is 7.85. The van der Waals surface area contributed by atoms with Gasteiger partial charge in [-0.05, 0) is 46.3 Å². The molecule has 0 spiro atoms. The van der Waals surface area contributed by atoms with Crippen molar-refractivity contribution in [2.45, 2.75) is 0 Å². The molecule has 0 amide bonds. The predicted octanol–water partition coefficient (Wildman–Crippen LogP) is 3.78. The van der Waals surface area contributed by atoms with Gasteiger partial charge < -0.3 is 9.47 Å². The summed E-state index contributed by atoms with van der Waals surface area (Å²) in [7, 11) is 1.53. The van der Waals surface area contributed by atoms with Crippen LogP contribution in [0.25, 0.3) is 0 Å². The van der Waals surface area contributed by atoms with E-state index in [1.54, 1.807) is 18.3 Å². The van der Waals surface area contributed by atoms with E-state index in [1.165, 1.54) is 25.3 Å². The van der Waals surface area contributed by atoms with Crippen molar-refractivity contribution in [3.63, 3.8) is 0 Å². The molecule has 0 bridgehead atoms. The third-order valence-corrected chi connectivity index (χ3v) is 2.67. The molecule has 3 nitrogen and oxygen atoms in total. The van der Waals surface area contributed by atoms with Crippen LogP contribution in [-0.2, 0) is 0 Å². The molecule has 0 fully saturated rings. The van der Waals surface area contributed by atoms with E-state index in [1.807, 2.05) is 0 Å². The molecular formula is C12H9BrFNO2. The number of hydrogen-bond donors (Lipinski definition) is 0. The van der Waals surface area contributed by atoms with Crippen LogP contribution in [-0.4, -0.2) is 12.1 Å². The van der Waals surface area contributed by atoms with E-state index in [0.29, 0.717) is 21.9 Å². The highest BCUT2D eigenvalue weighted by atomic mass is 79.9. The largest absolute Gasteiger partial charge is 0.491 e. The zero-order valence-electron chi connectivity index (χ0n) is 8.98. The molecular weight excluding hydrogens is 289 g/mol. The Morgan fingerprint density at radius 2 is 2.12 bits per heavy atom. The first kappa shape index (κ1) is 11.9. The van der Waals surface area contributed by atoms with Gasteiger partial charge in [0.25, 0.3) is 5.88 Å². The van der Waals surface area contributed by atoms with Crippen LogP contribution in [0.3, 0.4) is 0 Å². The molecule has 0 N–H and O–H groups in total. The van der Waals surface area contributed by atoms with Gasteiger partial charge in [0.2, 0.25) is 0 Å². The fraction of sp³-hybridized carbons (Fsp3) is 0.0833. The number of halogens is 2. The van der Waals surface area contributed by atoms with Crippen LogP contribution in [0.4, 0.5) is 4.39 Å². The summed E-state index contributed by atoms with van der Waals surface area (Å²) in [5, 5.41) is 0. The summed E-state index contributed by atoms with van der Waals surface area (Å²) in [6.45, 7) is 0. The lowest BCUT2D eigenvalue weighted by Gasteiger charge is -2.08. The van der Waals surface area contributed by atoms with Crippen molar-refractivity contribution in [2.75, 3.05) is 7.11 Å². The average Bonchev–Trinajstić information content (AvgIpc) is 2.34. The Morgan fingerprint density at radius 1 is 1.29 bits per heavy atom. The maximum atomic E-state index is 13.0. The maximum absolute atomic E-state index is 13.0. The third kappa shape index (κ3) is 2.74. The third-order valence-electron chi connectivity index (χ3n) is 2.06. The number of nitrogens with zero attached hydrogens (tertiary/aromatic N) is 1. The Balaban J connectivity index is 2.28. The van der Waals surface area contributed by atoms with Crippen molar-refractivity contribution < 1.29 is 13.9 Å². The van der Waals surface area contributed by atoms with Crippen molar-refractivity contribution >= 4 is 15.9 Å². The smallest absolute Gasteiger partial charge is 0.262 e. The Bertz CT molecular complexity index is 534. The molecule has 0 atom stereocenters. The van der Waals surface area contributed by atoms with Gasteiger partial charge >= 0.3 is 0 Å². The highest BCUT2D eigenvalue weighted by molar-refractivity contribution is 9.10. The maximum Gasteiger partial charge on any atom is 0.262 e. The van der Waals surface area contributed by atoms with Gasteiger partial charge in [0, 0.05) is 6.20 Å². The zero-order chi connectivity index (χ0) is 12.3. The minimum absolute atomic E-state index is 0.338. The van der Waals surface area contributed by atoms with Crippen molar-refractivity contribution in [3.8, 4) is 17.4 Å². The fourth-order valence-corrected chi connectivity index (χ4v) is 1.62. The number of methoxy groups -OCH3 is 1. The normalized spacial score (nSPS) is 10.1. The summed E-state index contributed by atoms with van der Waals surface area (Å²) < 4.78 is 24.0. The van der Waals surface area contributed by atoms with E-state index in [4.69, 9.17) is 9.47 Å². The molecule has 0 radical (unpaired) electrons. The number of ether oxygens (including phenoxy) is 2. The molecule has 0 aliphatic heterocycles. The van der Waals surface area contributed by atoms with Crippen LogP contribution in [0.1, 0.15) is 0 Å². The van der Waals surface area contributed by atoms with Crippen LogP contribution < -0.4 is 9.47 Å². The van der Waals surface area contributed by atoms with Gasteiger partial charge in [-0.3, -0.25) is 0 Å². The summed E-state index contributed by atoms with van der Waals surface area (Å²) in [6.07, 6.45) is 1.59. The van der Waals surface area contributed by atoms with Crippen LogP contribution in [0.15, 0.2) is 41.0 Å². The van der Waals surface area contributed by atoms with Crippen LogP contribution in [0.5, 0.6) is 17.4 Å². The van der Waals surface area contributed by atoms with E-state index in [2.05, 4.69) is 20.9 Å². The second-order valence-corrected chi connectivity index (χ2v) is 4.04. The molecule has 5 heteroatoms. The SMILES string of the molecule is COc1cccnc1Oc1ccc(F)c(Br)c1. The van der Waals surface area contributed by atoms with Crippen molar-refractivity contribution in [1.29, 1.82) is 0 Å². The standard InChI is InChI=1S/C12H9BrFNO2/c1-16-11-3-2-6-15-12(11)17-8-4-5-10(14)9(13)7-8/h2-7H,1H3. The number of aromatic nitrogens is 1. The lowest BCUT2D eigenvalue weighted by Crippen LogP contribution is -1.92. The molecule has 0 unspecified atom stereocenters. The van der Waals surface area contributed by atoms with Gasteiger partial charge in [0.15, 0.2) is 5.75 Å². The van der Waals surface area contributed by atoms with E-state index >= 15 is 0 Å². The molecule has 2 aromatic rings. The lowest BCUT2D eigenvalue weighted by molar-refractivity contribution is 0.369. The summed E-state index contributed by atoms with van der Waals surface area (Å²) in [4.78, 5) is 4.04. The molecule has 0 saturated carbocycles. The Kier molecular flexibility index (Phi) is 3.58. The Morgan fingerprint density at radius 3 is 2.82 bits per heavy atom. The van der Waals surface area contributed by atoms with Crippen LogP contribution in [0.2, 0.25) is 0 Å². The first-order valence-electron chi connectivity index (χ1n) is 4.82. The first-order valence-corrected chi connectivity index (χ1v) is 5.62. The van der Waals surface area contributed by atoms with E-state index < -0.39 is 0 Å². The number of pyridine rings is 1. The highest BCUT2D eigenvalue weighted by Gasteiger charge is 2.07. The monoisotopic (exact) mass is 297 g/mol. The molecule has 1 heterocycles. The Hall–Kier alpha value is -1.62. The van der Waals surface area contributed by atoms with Crippen LogP contribution >= 0.6 is 15.9 Å². The molecule has 0 saturated heterocycles. The molecule has 88 valence electrons. The van der Waals surface area contributed by atoms with Crippen LogP contribution in [0, 0.1) is 5.82 Å². The summed E-state index contributed by atoms with van der Waals surface area (Å²) >= 11 is 3.09. The van der Waals surface area contributed by atoms with Gasteiger partial charge in [-0.15, -0.1) is 0 Å². The van der Waals surface area contributed by atoms with E-state index in [9.17, 15) is 4.39 Å². The fourth-order valence-electron chi connectivity index (χ4n) is 1.26. The summed E-state index contributed by atoms with van der Waals surface area (Å²) in [5.41, 5.74) is 0. The highest BCUT2D eigenvalue weighted by Crippen LogP contribution is 2.30. The average molecular weight is 298 g/mol. The van der Waals surface area contributed by atoms with Gasteiger partial charge in [0.05, 0.1) is 11.6 Å². The quantitative estimate of drug-likeness (QED) is 0.864. The number of benzene rings is 1. The second-order valence-electron chi connectivity index (χ2n) is 3.19. The predicted molar refractivity (Wildman–Crippen MR) is 65.0 cm³/mol. The molecule has 1 aromatic carbocycles. The minimum atomic E-state index is -0.342. The second kappa shape index (κ2) is 5.14. The summed E-state index contributed by atoms with van der Waals surface area (Å²) in [5.74, 6) is 1.00. The number of rotatable bonds is 3. The zero-order valence-corrected chi connectivity index (χ0v) is 10.6. The van der Waals surface area contributed by atoms with Gasteiger partial charge in [-0.2, -0.15) is 0 Å². The lowest BCUT2D eigenvalue weighted by atomic mass is 10.3. The molecule has 17 heavy (non-hydrogen) atoms. The van der Waals surface area contributed by atoms with E-state index in [-0.39, 0.29) is 5.82 Å². The van der Waals surface area contributed by atoms with Gasteiger partial charge in [0.1, 0.15) is 11.6 Å². The minimum Gasteiger partial charge on any atom is -0.491 e. The van der Waals surface area contributed by atoms with Crippen molar-refractivity contribution in [2.24, 2.45) is 0 Å². The first-order chi connectivity index (χ1) is 8.20. The molecule has 2 rings (SSSR count). The van der Waals surface area contributed by atoms with Crippen molar-refractivity contribution in [1.82, 2.24) is 4.98 Å². The Labute approximate surface area is 106 Å². The molecule has 1 aromatic heterocycles. The number of hydrogen-bond acceptors (Lipinski definition) is 3. The molecule has 0 aliphatic rings. The van der Waals surface area contributed by atoms with Gasteiger partial charge in [-0.1, -0.05) is 0 Å². The molecule has 0 aliphatic carbocycles. The topological polar surface area (TPSA) is 31.4 Å². The van der Waals surface area contributed by atoms with E-state index in [0.717, 1.165) is 0 Å². The van der Waals surface area contributed by atoms with Crippen molar-refractivity contribution in [3.05, 3.63) is 46.8 Å². The van der Waals surface area contributed by atoms with Gasteiger partial charge in [-0.25, -0.2) is 9.37 Å².